The quantitative estimate of drug-likeness (QED) is 0.799. The Morgan fingerprint density at radius 2 is 2.19 bits per heavy atom. The summed E-state index contributed by atoms with van der Waals surface area (Å²) in [6, 6.07) is 9.44. The van der Waals surface area contributed by atoms with Crippen molar-refractivity contribution in [3.05, 3.63) is 56.9 Å². The molecule has 0 N–H and O–H groups in total. The molecule has 0 bridgehead atoms. The van der Waals surface area contributed by atoms with Crippen LogP contribution in [0.5, 0.6) is 0 Å². The van der Waals surface area contributed by atoms with Crippen LogP contribution >= 0.6 is 15.9 Å². The van der Waals surface area contributed by atoms with Crippen molar-refractivity contribution in [3.63, 3.8) is 0 Å². The molecule has 112 valence electrons. The number of rotatable bonds is 6. The van der Waals surface area contributed by atoms with Gasteiger partial charge in [-0.1, -0.05) is 28.1 Å². The SMILES string of the molecule is COCCN(C)c1cnn(Cc2cccc(Br)c2)c(=O)c1. The Morgan fingerprint density at radius 3 is 2.86 bits per heavy atom. The largest absolute Gasteiger partial charge is 0.383 e. The van der Waals surface area contributed by atoms with Crippen molar-refractivity contribution in [2.75, 3.05) is 32.2 Å². The number of benzene rings is 1. The molecule has 0 amide bonds. The van der Waals surface area contributed by atoms with E-state index < -0.39 is 0 Å². The van der Waals surface area contributed by atoms with Crippen molar-refractivity contribution < 1.29 is 4.74 Å². The third-order valence-electron chi connectivity index (χ3n) is 3.15. The second-order valence-electron chi connectivity index (χ2n) is 4.75. The molecule has 0 saturated carbocycles. The summed E-state index contributed by atoms with van der Waals surface area (Å²) in [4.78, 5) is 14.1. The first-order valence-electron chi connectivity index (χ1n) is 6.62. The van der Waals surface area contributed by atoms with Gasteiger partial charge in [-0.05, 0) is 17.7 Å². The summed E-state index contributed by atoms with van der Waals surface area (Å²) in [6.45, 7) is 1.78. The molecule has 2 rings (SSSR count). The highest BCUT2D eigenvalue weighted by molar-refractivity contribution is 9.10. The van der Waals surface area contributed by atoms with Gasteiger partial charge in [0.25, 0.3) is 5.56 Å². The highest BCUT2D eigenvalue weighted by Crippen LogP contribution is 2.12. The second kappa shape index (κ2) is 7.38. The monoisotopic (exact) mass is 351 g/mol. The highest BCUT2D eigenvalue weighted by atomic mass is 79.9. The fourth-order valence-electron chi connectivity index (χ4n) is 1.92. The van der Waals surface area contributed by atoms with E-state index in [4.69, 9.17) is 4.74 Å². The van der Waals surface area contributed by atoms with E-state index in [0.29, 0.717) is 19.7 Å². The summed E-state index contributed by atoms with van der Waals surface area (Å²) in [7, 11) is 3.57. The summed E-state index contributed by atoms with van der Waals surface area (Å²) in [5.41, 5.74) is 1.71. The van der Waals surface area contributed by atoms with Gasteiger partial charge in [0.2, 0.25) is 0 Å². The number of anilines is 1. The predicted molar refractivity (Wildman–Crippen MR) is 86.9 cm³/mol. The molecule has 2 aromatic rings. The van der Waals surface area contributed by atoms with E-state index in [-0.39, 0.29) is 5.56 Å². The maximum Gasteiger partial charge on any atom is 0.269 e. The van der Waals surface area contributed by atoms with Gasteiger partial charge in [0.15, 0.2) is 0 Å². The van der Waals surface area contributed by atoms with Crippen LogP contribution in [0.25, 0.3) is 0 Å². The third-order valence-corrected chi connectivity index (χ3v) is 3.64. The van der Waals surface area contributed by atoms with Crippen molar-refractivity contribution in [2.45, 2.75) is 6.54 Å². The van der Waals surface area contributed by atoms with Crippen molar-refractivity contribution in [3.8, 4) is 0 Å². The molecular formula is C15H18BrN3O2. The zero-order valence-electron chi connectivity index (χ0n) is 12.1. The van der Waals surface area contributed by atoms with Crippen molar-refractivity contribution in [1.82, 2.24) is 9.78 Å². The fourth-order valence-corrected chi connectivity index (χ4v) is 2.36. The predicted octanol–water partition coefficient (Wildman–Crippen LogP) is 2.14. The number of halogens is 1. The van der Waals surface area contributed by atoms with E-state index in [1.165, 1.54) is 4.68 Å². The molecule has 1 heterocycles. The summed E-state index contributed by atoms with van der Waals surface area (Å²) in [5.74, 6) is 0. The third kappa shape index (κ3) is 4.41. The Kier molecular flexibility index (Phi) is 5.52. The molecule has 0 fully saturated rings. The number of methoxy groups -OCH3 is 1. The van der Waals surface area contributed by atoms with Crippen molar-refractivity contribution >= 4 is 21.6 Å². The first kappa shape index (κ1) is 15.7. The summed E-state index contributed by atoms with van der Waals surface area (Å²) < 4.78 is 7.47. The Labute approximate surface area is 132 Å². The lowest BCUT2D eigenvalue weighted by Crippen LogP contribution is -2.27. The van der Waals surface area contributed by atoms with Gasteiger partial charge in [-0.25, -0.2) is 4.68 Å². The molecule has 0 aliphatic carbocycles. The second-order valence-corrected chi connectivity index (χ2v) is 5.67. The van der Waals surface area contributed by atoms with Gasteiger partial charge in [-0.2, -0.15) is 5.10 Å². The van der Waals surface area contributed by atoms with Gasteiger partial charge in [0, 0.05) is 31.2 Å². The molecule has 0 saturated heterocycles. The Bertz CT molecular complexity index is 657. The average molecular weight is 352 g/mol. The molecular weight excluding hydrogens is 334 g/mol. The van der Waals surface area contributed by atoms with Crippen LogP contribution in [0, 0.1) is 0 Å². The van der Waals surface area contributed by atoms with Crippen LogP contribution in [-0.2, 0) is 11.3 Å². The minimum atomic E-state index is -0.114. The Balaban J connectivity index is 2.14. The molecule has 6 heteroatoms. The topological polar surface area (TPSA) is 47.4 Å². The lowest BCUT2D eigenvalue weighted by molar-refractivity contribution is 0.206. The van der Waals surface area contributed by atoms with Gasteiger partial charge < -0.3 is 9.64 Å². The molecule has 0 aliphatic rings. The minimum absolute atomic E-state index is 0.114. The van der Waals surface area contributed by atoms with Gasteiger partial charge in [0.05, 0.1) is 25.0 Å². The molecule has 0 aliphatic heterocycles. The normalized spacial score (nSPS) is 10.6. The molecule has 0 atom stereocenters. The highest BCUT2D eigenvalue weighted by Gasteiger charge is 2.05. The number of nitrogens with zero attached hydrogens (tertiary/aromatic N) is 3. The zero-order chi connectivity index (χ0) is 15.2. The van der Waals surface area contributed by atoms with Crippen molar-refractivity contribution in [2.24, 2.45) is 0 Å². The average Bonchev–Trinajstić information content (AvgIpc) is 2.47. The zero-order valence-corrected chi connectivity index (χ0v) is 13.7. The van der Waals surface area contributed by atoms with Gasteiger partial charge in [0.1, 0.15) is 0 Å². The lowest BCUT2D eigenvalue weighted by Gasteiger charge is -2.18. The number of likely N-dealkylation sites (N-methyl/N-ethyl adjacent to an activating group) is 1. The first-order valence-corrected chi connectivity index (χ1v) is 7.41. The van der Waals surface area contributed by atoms with Gasteiger partial charge >= 0.3 is 0 Å². The molecule has 1 aromatic heterocycles. The number of hydrogen-bond donors (Lipinski definition) is 0. The van der Waals surface area contributed by atoms with E-state index in [0.717, 1.165) is 15.7 Å². The van der Waals surface area contributed by atoms with Crippen LogP contribution in [-0.4, -0.2) is 37.1 Å². The Hall–Kier alpha value is -1.66. The van der Waals surface area contributed by atoms with Gasteiger partial charge in [-0.15, -0.1) is 0 Å². The van der Waals surface area contributed by atoms with Crippen LogP contribution < -0.4 is 10.5 Å². The standard InChI is InChI=1S/C15H18BrN3O2/c1-18(6-7-21-2)14-9-15(20)19(17-10-14)11-12-4-3-5-13(16)8-12/h3-5,8-10H,6-7,11H2,1-2H3. The minimum Gasteiger partial charge on any atom is -0.383 e. The summed E-state index contributed by atoms with van der Waals surface area (Å²) in [5, 5.41) is 4.24. The van der Waals surface area contributed by atoms with E-state index in [2.05, 4.69) is 21.0 Å². The molecule has 5 nitrogen and oxygen atoms in total. The van der Waals surface area contributed by atoms with Crippen LogP contribution in [0.3, 0.4) is 0 Å². The van der Waals surface area contributed by atoms with Crippen LogP contribution in [0.4, 0.5) is 5.69 Å². The maximum atomic E-state index is 12.1. The number of ether oxygens (including phenoxy) is 1. The molecule has 0 spiro atoms. The van der Waals surface area contributed by atoms with Crippen molar-refractivity contribution in [1.29, 1.82) is 0 Å². The molecule has 21 heavy (non-hydrogen) atoms. The van der Waals surface area contributed by atoms with Crippen LogP contribution in [0.1, 0.15) is 5.56 Å². The lowest BCUT2D eigenvalue weighted by atomic mass is 10.2. The summed E-state index contributed by atoms with van der Waals surface area (Å²) in [6.07, 6.45) is 1.70. The van der Waals surface area contributed by atoms with Gasteiger partial charge in [-0.3, -0.25) is 4.79 Å². The smallest absolute Gasteiger partial charge is 0.269 e. The maximum absolute atomic E-state index is 12.1. The first-order chi connectivity index (χ1) is 10.1. The number of hydrogen-bond acceptors (Lipinski definition) is 4. The van der Waals surface area contributed by atoms with E-state index in [1.807, 2.05) is 36.2 Å². The number of aromatic nitrogens is 2. The molecule has 1 aromatic carbocycles. The van der Waals surface area contributed by atoms with E-state index in [9.17, 15) is 4.79 Å². The summed E-state index contributed by atoms with van der Waals surface area (Å²) >= 11 is 3.42. The van der Waals surface area contributed by atoms with Crippen LogP contribution in [0.2, 0.25) is 0 Å². The van der Waals surface area contributed by atoms with E-state index >= 15 is 0 Å². The van der Waals surface area contributed by atoms with Crippen LogP contribution in [0.15, 0.2) is 45.8 Å². The fraction of sp³-hybridized carbons (Fsp3) is 0.333. The Morgan fingerprint density at radius 1 is 1.38 bits per heavy atom. The molecule has 0 radical (unpaired) electrons. The molecule has 0 unspecified atom stereocenters. The van der Waals surface area contributed by atoms with E-state index in [1.54, 1.807) is 19.4 Å².